The van der Waals surface area contributed by atoms with Crippen molar-refractivity contribution in [1.82, 2.24) is 39.9 Å². The normalized spacial score (nSPS) is 11.6. The first-order chi connectivity index (χ1) is 35.7. The second kappa shape index (κ2) is 16.9. The van der Waals surface area contributed by atoms with Crippen LogP contribution in [0.2, 0.25) is 0 Å². The van der Waals surface area contributed by atoms with E-state index in [1.54, 1.807) is 0 Å². The molecule has 72 heavy (non-hydrogen) atoms. The molecule has 0 spiro atoms. The predicted octanol–water partition coefficient (Wildman–Crippen LogP) is 15.4. The fourth-order valence-electron chi connectivity index (χ4n) is 10.2. The molecule has 8 heteroatoms. The van der Waals surface area contributed by atoms with E-state index < -0.39 is 0 Å². The number of hydrogen-bond donors (Lipinski definition) is 0. The van der Waals surface area contributed by atoms with E-state index in [2.05, 4.69) is 131 Å². The lowest BCUT2D eigenvalue weighted by Gasteiger charge is -2.21. The molecule has 0 fully saturated rings. The Morgan fingerprint density at radius 1 is 0.222 bits per heavy atom. The van der Waals surface area contributed by atoms with Crippen molar-refractivity contribution in [3.8, 4) is 90.6 Å². The molecule has 14 aromatic rings. The molecule has 0 N–H and O–H groups in total. The molecule has 0 saturated carbocycles. The Balaban J connectivity index is 1.08. The molecule has 334 valence electrons. The van der Waals surface area contributed by atoms with Crippen LogP contribution in [0.4, 0.5) is 0 Å². The molecule has 0 aliphatic heterocycles. The van der Waals surface area contributed by atoms with Gasteiger partial charge in [0, 0.05) is 56.5 Å². The third kappa shape index (κ3) is 7.08. The Kier molecular flexibility index (Phi) is 9.67. The molecule has 10 aromatic carbocycles. The van der Waals surface area contributed by atoms with Gasteiger partial charge in [0.25, 0.3) is 0 Å². The number of aromatic nitrogens is 8. The van der Waals surface area contributed by atoms with Gasteiger partial charge < -0.3 is 0 Å². The smallest absolute Gasteiger partial charge is 0.164 e. The van der Waals surface area contributed by atoms with E-state index >= 15 is 0 Å². The number of fused-ring (bicyclic) bond motifs is 2. The Hall–Kier alpha value is -9.92. The molecule has 14 rings (SSSR count). The highest BCUT2D eigenvalue weighted by molar-refractivity contribution is 6.31. The van der Waals surface area contributed by atoms with Gasteiger partial charge in [-0.25, -0.2) is 29.9 Å². The summed E-state index contributed by atoms with van der Waals surface area (Å²) in [6.07, 6.45) is 3.63. The maximum Gasteiger partial charge on any atom is 0.164 e. The molecule has 0 aliphatic carbocycles. The van der Waals surface area contributed by atoms with Crippen molar-refractivity contribution in [2.45, 2.75) is 0 Å². The van der Waals surface area contributed by atoms with Crippen molar-refractivity contribution in [2.24, 2.45) is 0 Å². The van der Waals surface area contributed by atoms with Crippen LogP contribution in [-0.2, 0) is 0 Å². The fraction of sp³-hybridized carbons (Fsp3) is 0. The molecule has 0 unspecified atom stereocenters. The van der Waals surface area contributed by atoms with Gasteiger partial charge >= 0.3 is 0 Å². The van der Waals surface area contributed by atoms with Crippen LogP contribution in [0.5, 0.6) is 0 Å². The van der Waals surface area contributed by atoms with Crippen LogP contribution in [0.15, 0.2) is 231 Å². The minimum Gasteiger partial charge on any atom is -0.256 e. The maximum absolute atomic E-state index is 5.38. The van der Waals surface area contributed by atoms with Gasteiger partial charge in [-0.2, -0.15) is 0 Å². The third-order valence-electron chi connectivity index (χ3n) is 13.6. The number of benzene rings is 10. The standard InChI is InChI=1S/C64H38N8/c1-5-15-39(16-6-1)51-37-53(63-69-59(41-19-9-3-10-20-41)67-61(71-63)45-25-31-55-43(35-45)23-13-33-65-55)49-30-28-48-52(40-17-7-2-8-18-40)38-54(50-29-27-47(51)57(49)58(48)50)64-70-60(42-21-11-4-12-22-42)68-62(72-64)46-26-32-56-44(36-46)24-14-34-66-56/h1-38H. The molecule has 0 amide bonds. The van der Waals surface area contributed by atoms with Gasteiger partial charge in [-0.3, -0.25) is 9.97 Å². The molecule has 4 heterocycles. The lowest BCUT2D eigenvalue weighted by molar-refractivity contribution is 1.08. The molecule has 0 radical (unpaired) electrons. The van der Waals surface area contributed by atoms with Crippen LogP contribution < -0.4 is 0 Å². The number of pyridine rings is 2. The number of nitrogens with zero attached hydrogens (tertiary/aromatic N) is 8. The van der Waals surface area contributed by atoms with Gasteiger partial charge in [0.1, 0.15) is 0 Å². The molecule has 0 bridgehead atoms. The summed E-state index contributed by atoms with van der Waals surface area (Å²) in [5.41, 5.74) is 11.5. The van der Waals surface area contributed by atoms with E-state index in [0.717, 1.165) is 110 Å². The summed E-state index contributed by atoms with van der Waals surface area (Å²) in [4.78, 5) is 40.9. The van der Waals surface area contributed by atoms with Crippen molar-refractivity contribution in [3.63, 3.8) is 0 Å². The summed E-state index contributed by atoms with van der Waals surface area (Å²) in [6, 6.07) is 75.4. The highest BCUT2D eigenvalue weighted by atomic mass is 15.0. The van der Waals surface area contributed by atoms with Gasteiger partial charge in [-0.15, -0.1) is 0 Å². The molecule has 0 atom stereocenters. The average molecular weight is 919 g/mol. The lowest BCUT2D eigenvalue weighted by atomic mass is 9.83. The zero-order valence-corrected chi connectivity index (χ0v) is 38.5. The van der Waals surface area contributed by atoms with E-state index in [0.29, 0.717) is 34.9 Å². The Labute approximate surface area is 413 Å². The zero-order chi connectivity index (χ0) is 47.5. The van der Waals surface area contributed by atoms with Gasteiger partial charge in [0.15, 0.2) is 34.9 Å². The summed E-state index contributed by atoms with van der Waals surface area (Å²) in [7, 11) is 0. The minimum absolute atomic E-state index is 0.573. The van der Waals surface area contributed by atoms with E-state index in [1.807, 2.05) is 109 Å². The summed E-state index contributed by atoms with van der Waals surface area (Å²) in [6.45, 7) is 0. The van der Waals surface area contributed by atoms with Crippen LogP contribution in [0.3, 0.4) is 0 Å². The minimum atomic E-state index is 0.573. The van der Waals surface area contributed by atoms with Crippen molar-refractivity contribution >= 4 is 54.1 Å². The quantitative estimate of drug-likeness (QED) is 0.139. The van der Waals surface area contributed by atoms with Gasteiger partial charge in [-0.1, -0.05) is 158 Å². The molecule has 0 aliphatic rings. The second-order valence-corrected chi connectivity index (χ2v) is 17.9. The van der Waals surface area contributed by atoms with E-state index in [9.17, 15) is 0 Å². The van der Waals surface area contributed by atoms with Crippen LogP contribution in [0.1, 0.15) is 0 Å². The average Bonchev–Trinajstić information content (AvgIpc) is 3.46. The summed E-state index contributed by atoms with van der Waals surface area (Å²) in [5, 5.41) is 8.47. The van der Waals surface area contributed by atoms with Crippen LogP contribution in [-0.4, -0.2) is 39.9 Å². The second-order valence-electron chi connectivity index (χ2n) is 17.9. The topological polar surface area (TPSA) is 103 Å². The number of hydrogen-bond acceptors (Lipinski definition) is 8. The Morgan fingerprint density at radius 3 is 0.944 bits per heavy atom. The first-order valence-corrected chi connectivity index (χ1v) is 23.9. The SMILES string of the molecule is c1ccc(-c2nc(-c3ccc4ncccc4c3)nc(-c3cc(-c4ccccc4)c4ccc5c(-c6nc(-c7ccccc7)nc(-c7ccc8ncccc8c7)n6)cc(-c6ccccc6)c6ccc3c4c65)n2)cc1. The summed E-state index contributed by atoms with van der Waals surface area (Å²) >= 11 is 0. The number of rotatable bonds is 8. The van der Waals surface area contributed by atoms with Crippen molar-refractivity contribution in [1.29, 1.82) is 0 Å². The van der Waals surface area contributed by atoms with Crippen LogP contribution in [0.25, 0.3) is 145 Å². The third-order valence-corrected chi connectivity index (χ3v) is 13.6. The fourth-order valence-corrected chi connectivity index (χ4v) is 10.2. The van der Waals surface area contributed by atoms with E-state index in [4.69, 9.17) is 29.9 Å². The first kappa shape index (κ1) is 41.1. The van der Waals surface area contributed by atoms with Crippen LogP contribution in [0, 0.1) is 0 Å². The zero-order valence-electron chi connectivity index (χ0n) is 38.5. The molecular weight excluding hydrogens is 881 g/mol. The van der Waals surface area contributed by atoms with Gasteiger partial charge in [-0.05, 0) is 115 Å². The largest absolute Gasteiger partial charge is 0.256 e. The highest BCUT2D eigenvalue weighted by Gasteiger charge is 2.24. The molecule has 8 nitrogen and oxygen atoms in total. The summed E-state index contributed by atoms with van der Waals surface area (Å²) in [5.74, 6) is 3.48. The van der Waals surface area contributed by atoms with Crippen molar-refractivity contribution < 1.29 is 0 Å². The predicted molar refractivity (Wildman–Crippen MR) is 291 cm³/mol. The van der Waals surface area contributed by atoms with E-state index in [-0.39, 0.29) is 0 Å². The molecular formula is C64H38N8. The first-order valence-electron chi connectivity index (χ1n) is 23.9. The lowest BCUT2D eigenvalue weighted by Crippen LogP contribution is -2.02. The van der Waals surface area contributed by atoms with Gasteiger partial charge in [0.05, 0.1) is 11.0 Å². The van der Waals surface area contributed by atoms with Crippen molar-refractivity contribution in [3.05, 3.63) is 231 Å². The Bertz CT molecular complexity index is 4090. The monoisotopic (exact) mass is 918 g/mol. The van der Waals surface area contributed by atoms with Gasteiger partial charge in [0.2, 0.25) is 0 Å². The maximum atomic E-state index is 5.38. The van der Waals surface area contributed by atoms with E-state index in [1.165, 1.54) is 0 Å². The molecule has 0 saturated heterocycles. The highest BCUT2D eigenvalue weighted by Crippen LogP contribution is 2.48. The van der Waals surface area contributed by atoms with Crippen molar-refractivity contribution in [2.75, 3.05) is 0 Å². The summed E-state index contributed by atoms with van der Waals surface area (Å²) < 4.78 is 0. The molecule has 4 aromatic heterocycles. The Morgan fingerprint density at radius 2 is 0.556 bits per heavy atom. The van der Waals surface area contributed by atoms with Crippen LogP contribution >= 0.6 is 0 Å².